The average molecular weight is 606 g/mol. The third-order valence-corrected chi connectivity index (χ3v) is 10.1. The van der Waals surface area contributed by atoms with E-state index >= 15 is 0 Å². The van der Waals surface area contributed by atoms with Crippen molar-refractivity contribution in [1.82, 2.24) is 0 Å². The molecule has 6 rings (SSSR count). The fourth-order valence-electron chi connectivity index (χ4n) is 8.18. The van der Waals surface area contributed by atoms with Crippen molar-refractivity contribution in [3.8, 4) is 5.75 Å². The smallest absolute Gasteiger partial charge is 0.338 e. The molecule has 4 aliphatic rings. The van der Waals surface area contributed by atoms with Crippen LogP contribution in [0.1, 0.15) is 109 Å². The molecule has 236 valence electrons. The predicted octanol–water partition coefficient (Wildman–Crippen LogP) is 8.98. The molecule has 0 spiro atoms. The second-order valence-electron chi connectivity index (χ2n) is 14.1. The number of fused-ring (bicyclic) bond motifs is 4. The lowest BCUT2D eigenvalue weighted by molar-refractivity contribution is -0.587. The SMILES string of the molecule is CCCCOC(=O)c1ccccc1C1=C2CC3C(C)=CC(C)(C)[N+](CC)=C3C=C2Oc2cc3c(cc21)C(C)=CC(C)(C)N3CC. The van der Waals surface area contributed by atoms with Crippen LogP contribution >= 0.6 is 0 Å². The van der Waals surface area contributed by atoms with Gasteiger partial charge >= 0.3 is 5.97 Å². The highest BCUT2D eigenvalue weighted by Crippen LogP contribution is 2.51. The summed E-state index contributed by atoms with van der Waals surface area (Å²) >= 11 is 0. The average Bonchev–Trinajstić information content (AvgIpc) is 2.98. The molecule has 45 heavy (non-hydrogen) atoms. The van der Waals surface area contributed by atoms with Crippen molar-refractivity contribution in [2.24, 2.45) is 5.92 Å². The summed E-state index contributed by atoms with van der Waals surface area (Å²) in [4.78, 5) is 16.1. The molecular weight excluding hydrogens is 556 g/mol. The van der Waals surface area contributed by atoms with Crippen LogP contribution in [0.3, 0.4) is 0 Å². The van der Waals surface area contributed by atoms with Gasteiger partial charge in [-0.05, 0) is 83.7 Å². The highest BCUT2D eigenvalue weighted by atomic mass is 16.5. The lowest BCUT2D eigenvalue weighted by Crippen LogP contribution is -2.46. The third-order valence-electron chi connectivity index (χ3n) is 10.1. The maximum absolute atomic E-state index is 13.6. The van der Waals surface area contributed by atoms with Gasteiger partial charge in [-0.15, -0.1) is 0 Å². The molecule has 1 unspecified atom stereocenters. The maximum atomic E-state index is 13.6. The van der Waals surface area contributed by atoms with Crippen molar-refractivity contribution in [3.63, 3.8) is 0 Å². The molecule has 3 heterocycles. The van der Waals surface area contributed by atoms with E-state index in [2.05, 4.69) is 108 Å². The van der Waals surface area contributed by atoms with Crippen molar-refractivity contribution in [1.29, 1.82) is 0 Å². The summed E-state index contributed by atoms with van der Waals surface area (Å²) in [5.41, 5.74) is 10.9. The molecule has 5 nitrogen and oxygen atoms in total. The number of carbonyl (C=O) groups is 1. The van der Waals surface area contributed by atoms with Crippen molar-refractivity contribution in [2.75, 3.05) is 24.6 Å². The number of unbranched alkanes of at least 4 members (excludes halogenated alkanes) is 1. The first-order valence-corrected chi connectivity index (χ1v) is 16.8. The number of ether oxygens (including phenoxy) is 2. The number of anilines is 1. The number of carbonyl (C=O) groups excluding carboxylic acids is 1. The van der Waals surface area contributed by atoms with Crippen molar-refractivity contribution < 1.29 is 18.8 Å². The second kappa shape index (κ2) is 11.5. The van der Waals surface area contributed by atoms with Crippen LogP contribution in [-0.4, -0.2) is 47.0 Å². The van der Waals surface area contributed by atoms with E-state index in [9.17, 15) is 4.79 Å². The van der Waals surface area contributed by atoms with Gasteiger partial charge in [-0.3, -0.25) is 0 Å². The third kappa shape index (κ3) is 5.18. The van der Waals surface area contributed by atoms with Gasteiger partial charge in [0.1, 0.15) is 18.1 Å². The van der Waals surface area contributed by atoms with Crippen molar-refractivity contribution in [2.45, 2.75) is 92.7 Å². The number of hydrogen-bond acceptors (Lipinski definition) is 4. The van der Waals surface area contributed by atoms with Crippen LogP contribution < -0.4 is 9.64 Å². The Morgan fingerprint density at radius 2 is 1.78 bits per heavy atom. The molecule has 0 saturated carbocycles. The quantitative estimate of drug-likeness (QED) is 0.137. The zero-order chi connectivity index (χ0) is 32.3. The molecule has 2 aromatic rings. The molecule has 0 radical (unpaired) electrons. The molecule has 0 N–H and O–H groups in total. The molecule has 0 aromatic heterocycles. The van der Waals surface area contributed by atoms with Crippen molar-refractivity contribution in [3.05, 3.63) is 93.8 Å². The summed E-state index contributed by atoms with van der Waals surface area (Å²) in [5.74, 6) is 1.69. The van der Waals surface area contributed by atoms with E-state index in [-0.39, 0.29) is 23.0 Å². The van der Waals surface area contributed by atoms with Crippen LogP contribution in [0.4, 0.5) is 5.69 Å². The fourth-order valence-corrected chi connectivity index (χ4v) is 8.18. The number of nitrogens with zero attached hydrogens (tertiary/aromatic N) is 2. The zero-order valence-corrected chi connectivity index (χ0v) is 28.6. The van der Waals surface area contributed by atoms with E-state index in [0.29, 0.717) is 12.2 Å². The first kappa shape index (κ1) is 31.1. The first-order valence-electron chi connectivity index (χ1n) is 16.8. The Hall–Kier alpha value is -3.86. The van der Waals surface area contributed by atoms with E-state index in [0.717, 1.165) is 66.1 Å². The Bertz CT molecular complexity index is 1730. The Labute approximate surface area is 269 Å². The predicted molar refractivity (Wildman–Crippen MR) is 185 cm³/mol. The monoisotopic (exact) mass is 605 g/mol. The maximum Gasteiger partial charge on any atom is 0.338 e. The Morgan fingerprint density at radius 1 is 1.02 bits per heavy atom. The van der Waals surface area contributed by atoms with Gasteiger partial charge in [0.2, 0.25) is 0 Å². The van der Waals surface area contributed by atoms with Gasteiger partial charge in [-0.25, -0.2) is 9.37 Å². The second-order valence-corrected chi connectivity index (χ2v) is 14.1. The van der Waals surface area contributed by atoms with Crippen LogP contribution in [-0.2, 0) is 4.74 Å². The Morgan fingerprint density at radius 3 is 2.49 bits per heavy atom. The Balaban J connectivity index is 1.63. The van der Waals surface area contributed by atoms with Gasteiger partial charge in [0.25, 0.3) is 0 Å². The summed E-state index contributed by atoms with van der Waals surface area (Å²) in [7, 11) is 0. The van der Waals surface area contributed by atoms with Gasteiger partial charge in [0.15, 0.2) is 11.3 Å². The van der Waals surface area contributed by atoms with Gasteiger partial charge < -0.3 is 14.4 Å². The minimum absolute atomic E-state index is 0.0800. The molecule has 0 amide bonds. The Kier molecular flexibility index (Phi) is 7.95. The zero-order valence-electron chi connectivity index (χ0n) is 28.6. The molecule has 0 bridgehead atoms. The highest BCUT2D eigenvalue weighted by Gasteiger charge is 2.44. The van der Waals surface area contributed by atoms with Gasteiger partial charge in [-0.2, -0.15) is 0 Å². The summed E-state index contributed by atoms with van der Waals surface area (Å²) < 4.78 is 15.3. The molecule has 5 heteroatoms. The molecule has 3 aliphatic heterocycles. The van der Waals surface area contributed by atoms with Crippen molar-refractivity contribution >= 4 is 28.5 Å². The number of rotatable bonds is 7. The van der Waals surface area contributed by atoms with E-state index in [4.69, 9.17) is 9.47 Å². The minimum Gasteiger partial charge on any atom is -0.462 e. The minimum atomic E-state index is -0.269. The number of esters is 1. The lowest BCUT2D eigenvalue weighted by atomic mass is 9.74. The largest absolute Gasteiger partial charge is 0.462 e. The van der Waals surface area contributed by atoms with E-state index in [1.807, 2.05) is 18.2 Å². The number of hydrogen-bond donors (Lipinski definition) is 0. The topological polar surface area (TPSA) is 41.8 Å². The number of allylic oxidation sites excluding steroid dienone is 4. The highest BCUT2D eigenvalue weighted by molar-refractivity contribution is 6.05. The molecule has 1 atom stereocenters. The molecule has 0 fully saturated rings. The molecule has 0 saturated heterocycles. The van der Waals surface area contributed by atoms with Gasteiger partial charge in [-0.1, -0.05) is 43.2 Å². The summed E-state index contributed by atoms with van der Waals surface area (Å²) in [6.45, 7) is 22.4. The standard InChI is InChI=1S/C40H49N2O3/c1-10-13-18-44-38(43)28-17-15-14-16-27(28)37-31-19-29-25(4)23-39(6,7)41(11-2)33(29)21-35(31)45-36-22-34-30(20-32(36)37)26(5)24-40(8,9)42(34)12-3/h14-17,19,21-24,30H,10-13,18,20H2,1-9H3/q+1. The summed E-state index contributed by atoms with van der Waals surface area (Å²) in [6.07, 6.45) is 9.71. The molecule has 2 aromatic carbocycles. The normalized spacial score (nSPS) is 21.0. The van der Waals surface area contributed by atoms with Crippen LogP contribution in [0, 0.1) is 5.92 Å². The van der Waals surface area contributed by atoms with Gasteiger partial charge in [0, 0.05) is 60.5 Å². The van der Waals surface area contributed by atoms with E-state index in [1.54, 1.807) is 0 Å². The van der Waals surface area contributed by atoms with Crippen LogP contribution in [0.5, 0.6) is 5.75 Å². The lowest BCUT2D eigenvalue weighted by Gasteiger charge is -2.43. The summed E-state index contributed by atoms with van der Waals surface area (Å²) in [5, 5.41) is 0. The van der Waals surface area contributed by atoms with Crippen LogP contribution in [0.15, 0.2) is 71.5 Å². The van der Waals surface area contributed by atoms with Crippen LogP contribution in [0.25, 0.3) is 11.1 Å². The number of benzene rings is 2. The first-order chi connectivity index (χ1) is 21.4. The molecule has 1 aliphatic carbocycles. The molecular formula is C40H49N2O3+. The van der Waals surface area contributed by atoms with Crippen LogP contribution in [0.2, 0.25) is 0 Å². The van der Waals surface area contributed by atoms with E-state index < -0.39 is 0 Å². The fraction of sp³-hybridized carbons (Fsp3) is 0.450. The van der Waals surface area contributed by atoms with Gasteiger partial charge in [0.05, 0.1) is 23.6 Å². The van der Waals surface area contributed by atoms with E-state index in [1.165, 1.54) is 28.1 Å². The number of likely N-dealkylation sites (N-methyl/N-ethyl adjacent to an activating group) is 2. The summed E-state index contributed by atoms with van der Waals surface area (Å²) in [6, 6.07) is 12.5.